The molecule has 0 spiro atoms. The molecule has 0 N–H and O–H groups in total. The van der Waals surface area contributed by atoms with Gasteiger partial charge in [-0.05, 0) is 24.6 Å². The molecule has 0 radical (unpaired) electrons. The lowest BCUT2D eigenvalue weighted by atomic mass is 9.81. The fraction of sp³-hybridized carbons (Fsp3) is 0.176. The quantitative estimate of drug-likeness (QED) is 0.783. The molecule has 1 aliphatic heterocycles. The SMILES string of the molecule is CC1(c2ccccc2)CC(=O)N(c2ccccc2)C1=O. The van der Waals surface area contributed by atoms with Crippen LogP contribution in [-0.2, 0) is 15.0 Å². The van der Waals surface area contributed by atoms with Crippen molar-refractivity contribution in [3.63, 3.8) is 0 Å². The number of nitrogens with zero attached hydrogens (tertiary/aromatic N) is 1. The first-order chi connectivity index (χ1) is 9.63. The van der Waals surface area contributed by atoms with Gasteiger partial charge in [0.15, 0.2) is 0 Å². The van der Waals surface area contributed by atoms with Gasteiger partial charge in [-0.25, -0.2) is 4.90 Å². The van der Waals surface area contributed by atoms with E-state index in [0.29, 0.717) is 5.69 Å². The van der Waals surface area contributed by atoms with E-state index in [4.69, 9.17) is 0 Å². The maximum atomic E-state index is 12.7. The second-order valence-corrected chi connectivity index (χ2v) is 5.24. The van der Waals surface area contributed by atoms with Gasteiger partial charge in [0, 0.05) is 6.42 Å². The number of imide groups is 1. The summed E-state index contributed by atoms with van der Waals surface area (Å²) in [5.74, 6) is -0.299. The Kier molecular flexibility index (Phi) is 2.90. The third-order valence-corrected chi connectivity index (χ3v) is 3.85. The molecule has 0 aliphatic carbocycles. The summed E-state index contributed by atoms with van der Waals surface area (Å²) in [7, 11) is 0. The highest BCUT2D eigenvalue weighted by molar-refractivity contribution is 6.24. The summed E-state index contributed by atoms with van der Waals surface area (Å²) in [6, 6.07) is 18.6. The summed E-state index contributed by atoms with van der Waals surface area (Å²) >= 11 is 0. The molecule has 0 aromatic heterocycles. The number of anilines is 1. The average molecular weight is 265 g/mol. The van der Waals surface area contributed by atoms with Gasteiger partial charge in [0.25, 0.3) is 0 Å². The van der Waals surface area contributed by atoms with Gasteiger partial charge in [0.2, 0.25) is 11.8 Å². The lowest BCUT2D eigenvalue weighted by Gasteiger charge is -2.22. The third kappa shape index (κ3) is 1.83. The molecule has 3 heteroatoms. The van der Waals surface area contributed by atoms with E-state index in [-0.39, 0.29) is 18.2 Å². The Labute approximate surface area is 117 Å². The summed E-state index contributed by atoms with van der Waals surface area (Å²) in [5.41, 5.74) is 0.757. The van der Waals surface area contributed by atoms with Crippen molar-refractivity contribution in [2.75, 3.05) is 4.90 Å². The summed E-state index contributed by atoms with van der Waals surface area (Å²) in [6.07, 6.45) is 0.213. The van der Waals surface area contributed by atoms with Crippen LogP contribution in [0.4, 0.5) is 5.69 Å². The lowest BCUT2D eigenvalue weighted by Crippen LogP contribution is -2.36. The monoisotopic (exact) mass is 265 g/mol. The van der Waals surface area contributed by atoms with Crippen molar-refractivity contribution in [2.24, 2.45) is 0 Å². The van der Waals surface area contributed by atoms with Crippen molar-refractivity contribution in [2.45, 2.75) is 18.8 Å². The molecule has 0 bridgehead atoms. The third-order valence-electron chi connectivity index (χ3n) is 3.85. The van der Waals surface area contributed by atoms with Gasteiger partial charge in [-0.15, -0.1) is 0 Å². The number of benzene rings is 2. The minimum atomic E-state index is -0.770. The number of rotatable bonds is 2. The maximum absolute atomic E-state index is 12.7. The van der Waals surface area contributed by atoms with Crippen LogP contribution in [0.1, 0.15) is 18.9 Å². The highest BCUT2D eigenvalue weighted by Gasteiger charge is 2.49. The molecular formula is C17H15NO2. The Morgan fingerprint density at radius 2 is 1.45 bits per heavy atom. The van der Waals surface area contributed by atoms with E-state index in [1.54, 1.807) is 12.1 Å². The fourth-order valence-electron chi connectivity index (χ4n) is 2.69. The van der Waals surface area contributed by atoms with E-state index in [1.807, 2.05) is 55.5 Å². The minimum Gasteiger partial charge on any atom is -0.274 e. The van der Waals surface area contributed by atoms with E-state index in [1.165, 1.54) is 4.90 Å². The Hall–Kier alpha value is -2.42. The first-order valence-electron chi connectivity index (χ1n) is 6.61. The molecule has 1 atom stereocenters. The van der Waals surface area contributed by atoms with Crippen molar-refractivity contribution in [1.29, 1.82) is 0 Å². The Balaban J connectivity index is 2.03. The smallest absolute Gasteiger partial charge is 0.244 e. The van der Waals surface area contributed by atoms with Gasteiger partial charge < -0.3 is 0 Å². The minimum absolute atomic E-state index is 0.146. The highest BCUT2D eigenvalue weighted by Crippen LogP contribution is 2.38. The molecule has 1 saturated heterocycles. The molecule has 1 heterocycles. The van der Waals surface area contributed by atoms with Crippen LogP contribution < -0.4 is 4.90 Å². The number of amides is 2. The van der Waals surface area contributed by atoms with Crippen LogP contribution in [0.15, 0.2) is 60.7 Å². The summed E-state index contributed by atoms with van der Waals surface area (Å²) < 4.78 is 0. The molecule has 3 rings (SSSR count). The van der Waals surface area contributed by atoms with Crippen molar-refractivity contribution in [3.05, 3.63) is 66.2 Å². The van der Waals surface area contributed by atoms with Gasteiger partial charge in [0.05, 0.1) is 11.1 Å². The van der Waals surface area contributed by atoms with Gasteiger partial charge in [-0.1, -0.05) is 48.5 Å². The zero-order chi connectivity index (χ0) is 14.2. The molecule has 2 aromatic carbocycles. The van der Waals surface area contributed by atoms with Crippen LogP contribution in [-0.4, -0.2) is 11.8 Å². The van der Waals surface area contributed by atoms with E-state index in [0.717, 1.165) is 5.56 Å². The summed E-state index contributed by atoms with van der Waals surface area (Å²) in [4.78, 5) is 26.3. The number of carbonyl (C=O) groups excluding carboxylic acids is 2. The van der Waals surface area contributed by atoms with E-state index >= 15 is 0 Å². The van der Waals surface area contributed by atoms with Gasteiger partial charge >= 0.3 is 0 Å². The summed E-state index contributed by atoms with van der Waals surface area (Å²) in [6.45, 7) is 1.84. The van der Waals surface area contributed by atoms with Crippen molar-refractivity contribution >= 4 is 17.5 Å². The molecule has 1 fully saturated rings. The molecule has 3 nitrogen and oxygen atoms in total. The van der Waals surface area contributed by atoms with Crippen LogP contribution in [0, 0.1) is 0 Å². The zero-order valence-electron chi connectivity index (χ0n) is 11.2. The largest absolute Gasteiger partial charge is 0.274 e. The Morgan fingerprint density at radius 3 is 2.05 bits per heavy atom. The lowest BCUT2D eigenvalue weighted by molar-refractivity contribution is -0.122. The molecule has 2 amide bonds. The maximum Gasteiger partial charge on any atom is 0.244 e. The molecule has 100 valence electrons. The molecule has 0 saturated carbocycles. The average Bonchev–Trinajstić information content (AvgIpc) is 2.72. The van der Waals surface area contributed by atoms with Crippen molar-refractivity contribution < 1.29 is 9.59 Å². The normalized spacial score (nSPS) is 22.4. The Morgan fingerprint density at radius 1 is 0.900 bits per heavy atom. The van der Waals surface area contributed by atoms with E-state index in [9.17, 15) is 9.59 Å². The van der Waals surface area contributed by atoms with Crippen LogP contribution >= 0.6 is 0 Å². The van der Waals surface area contributed by atoms with Crippen LogP contribution in [0.5, 0.6) is 0 Å². The second-order valence-electron chi connectivity index (χ2n) is 5.24. The van der Waals surface area contributed by atoms with Crippen molar-refractivity contribution in [1.82, 2.24) is 0 Å². The number of carbonyl (C=O) groups is 2. The molecule has 20 heavy (non-hydrogen) atoms. The first-order valence-corrected chi connectivity index (χ1v) is 6.61. The van der Waals surface area contributed by atoms with E-state index in [2.05, 4.69) is 0 Å². The highest BCUT2D eigenvalue weighted by atomic mass is 16.2. The number of para-hydroxylation sites is 1. The van der Waals surface area contributed by atoms with Crippen LogP contribution in [0.3, 0.4) is 0 Å². The molecule has 2 aromatic rings. The van der Waals surface area contributed by atoms with Crippen LogP contribution in [0.2, 0.25) is 0 Å². The second kappa shape index (κ2) is 4.60. The topological polar surface area (TPSA) is 37.4 Å². The van der Waals surface area contributed by atoms with E-state index < -0.39 is 5.41 Å². The number of hydrogen-bond acceptors (Lipinski definition) is 2. The standard InChI is InChI=1S/C17H15NO2/c1-17(13-8-4-2-5-9-13)12-15(19)18(16(17)20)14-10-6-3-7-11-14/h2-11H,12H2,1H3. The zero-order valence-corrected chi connectivity index (χ0v) is 11.2. The first kappa shape index (κ1) is 12.6. The Bertz CT molecular complexity index is 651. The molecular weight excluding hydrogens is 250 g/mol. The summed E-state index contributed by atoms with van der Waals surface area (Å²) in [5, 5.41) is 0. The fourth-order valence-corrected chi connectivity index (χ4v) is 2.69. The van der Waals surface area contributed by atoms with Gasteiger partial charge in [-0.3, -0.25) is 9.59 Å². The van der Waals surface area contributed by atoms with Gasteiger partial charge in [-0.2, -0.15) is 0 Å². The molecule has 1 unspecified atom stereocenters. The predicted octanol–water partition coefficient (Wildman–Crippen LogP) is 2.91. The van der Waals surface area contributed by atoms with Crippen molar-refractivity contribution in [3.8, 4) is 0 Å². The van der Waals surface area contributed by atoms with Crippen LogP contribution in [0.25, 0.3) is 0 Å². The van der Waals surface area contributed by atoms with Gasteiger partial charge in [0.1, 0.15) is 0 Å². The number of hydrogen-bond donors (Lipinski definition) is 0. The molecule has 1 aliphatic rings. The predicted molar refractivity (Wildman–Crippen MR) is 77.3 cm³/mol.